The summed E-state index contributed by atoms with van der Waals surface area (Å²) in [7, 11) is 0. The first-order valence-corrected chi connectivity index (χ1v) is 15.3. The molecule has 0 spiro atoms. The molecule has 4 aromatic rings. The molecule has 0 atom stereocenters. The van der Waals surface area contributed by atoms with E-state index in [4.69, 9.17) is 32.7 Å². The van der Waals surface area contributed by atoms with Crippen LogP contribution in [0.15, 0.2) is 66.0 Å². The number of anilines is 1. The average Bonchev–Trinajstić information content (AvgIpc) is 3.04. The first-order chi connectivity index (χ1) is 21.4. The number of carbonyl (C=O) groups excluding carboxylic acids is 2. The highest BCUT2D eigenvalue weighted by Crippen LogP contribution is 2.33. The second kappa shape index (κ2) is 13.4. The van der Waals surface area contributed by atoms with Gasteiger partial charge in [0.1, 0.15) is 17.3 Å². The van der Waals surface area contributed by atoms with Crippen molar-refractivity contribution in [1.29, 1.82) is 0 Å². The van der Waals surface area contributed by atoms with Crippen molar-refractivity contribution in [2.75, 3.05) is 31.6 Å². The van der Waals surface area contributed by atoms with Crippen LogP contribution >= 0.6 is 23.2 Å². The quantitative estimate of drug-likeness (QED) is 0.264. The maximum Gasteiger partial charge on any atom is 0.338 e. The number of carbonyl (C=O) groups is 2. The maximum absolute atomic E-state index is 13.4. The maximum atomic E-state index is 13.4. The van der Waals surface area contributed by atoms with Gasteiger partial charge in [-0.3, -0.25) is 19.5 Å². The van der Waals surface area contributed by atoms with Crippen molar-refractivity contribution >= 4 is 51.8 Å². The van der Waals surface area contributed by atoms with E-state index in [1.165, 1.54) is 12.4 Å². The molecule has 10 nitrogen and oxygen atoms in total. The monoisotopic (exact) mass is 635 g/mol. The van der Waals surface area contributed by atoms with Gasteiger partial charge in [0.15, 0.2) is 0 Å². The lowest BCUT2D eigenvalue weighted by Gasteiger charge is -2.31. The molecular weight excluding hydrogens is 605 g/mol. The van der Waals surface area contributed by atoms with Crippen molar-refractivity contribution in [3.05, 3.63) is 98.1 Å². The number of nitrogens with one attached hydrogen (secondary N) is 1. The van der Waals surface area contributed by atoms with E-state index < -0.39 is 11.3 Å². The molecule has 228 valence electrons. The van der Waals surface area contributed by atoms with Gasteiger partial charge in [0.25, 0.3) is 5.91 Å². The van der Waals surface area contributed by atoms with Gasteiger partial charge < -0.3 is 19.4 Å². The molecule has 1 amide bonds. The first kappa shape index (κ1) is 30.2. The van der Waals surface area contributed by atoms with Crippen LogP contribution < -0.4 is 10.7 Å². The number of nitrogens with zero attached hydrogens (tertiary/aromatic N) is 4. The van der Waals surface area contributed by atoms with Gasteiger partial charge in [-0.05, 0) is 55.5 Å². The minimum Gasteiger partial charge on any atom is -0.459 e. The highest BCUT2D eigenvalue weighted by Gasteiger charge is 2.28. The molecule has 3 aromatic heterocycles. The molecule has 1 aromatic carbocycles. The molecule has 4 heterocycles. The van der Waals surface area contributed by atoms with Gasteiger partial charge in [-0.15, -0.1) is 0 Å². The summed E-state index contributed by atoms with van der Waals surface area (Å²) in [5, 5.41) is 3.31. The molecule has 0 bridgehead atoms. The van der Waals surface area contributed by atoms with Crippen molar-refractivity contribution in [2.45, 2.75) is 44.4 Å². The third kappa shape index (κ3) is 6.63. The summed E-state index contributed by atoms with van der Waals surface area (Å²) in [6, 6.07) is 10.9. The lowest BCUT2D eigenvalue weighted by atomic mass is 9.92. The number of rotatable bonds is 7. The summed E-state index contributed by atoms with van der Waals surface area (Å²) in [6.45, 7) is 3.95. The molecule has 1 aliphatic heterocycles. The Morgan fingerprint density at radius 3 is 2.52 bits per heavy atom. The molecule has 1 saturated heterocycles. The summed E-state index contributed by atoms with van der Waals surface area (Å²) in [5.74, 6) is -0.969. The standard InChI is InChI=1S/C32H31Cl2N5O5/c33-26-16-35-17-27(34)28(26)37-31(41)25-19-39(30-24(29(25)40)5-2-10-36-30)22-6-8-23(9-7-22)44-32(42)21-4-1-3-20(15-21)18-38-11-13-43-14-12-38/h1-5,10,15-17,19,22-23H,6-9,11-14,18H2,(H,35,37,41)/t22-,23-. The number of ether oxygens (including phenoxy) is 2. The van der Waals surface area contributed by atoms with Crippen LogP contribution in [0.3, 0.4) is 0 Å². The van der Waals surface area contributed by atoms with Crippen molar-refractivity contribution in [2.24, 2.45) is 0 Å². The number of hydrogen-bond acceptors (Lipinski definition) is 8. The zero-order valence-corrected chi connectivity index (χ0v) is 25.4. The van der Waals surface area contributed by atoms with E-state index in [9.17, 15) is 14.4 Å². The molecule has 2 fully saturated rings. The zero-order chi connectivity index (χ0) is 30.6. The lowest BCUT2D eigenvalue weighted by molar-refractivity contribution is 0.0172. The topological polar surface area (TPSA) is 116 Å². The van der Waals surface area contributed by atoms with Crippen molar-refractivity contribution in [3.63, 3.8) is 0 Å². The van der Waals surface area contributed by atoms with Crippen LogP contribution in [-0.2, 0) is 16.0 Å². The molecule has 6 rings (SSSR count). The molecule has 0 radical (unpaired) electrons. The van der Waals surface area contributed by atoms with Crippen molar-refractivity contribution < 1.29 is 19.1 Å². The molecule has 1 saturated carbocycles. The van der Waals surface area contributed by atoms with Crippen LogP contribution in [0.1, 0.15) is 58.0 Å². The van der Waals surface area contributed by atoms with E-state index in [0.29, 0.717) is 42.3 Å². The Labute approximate surface area is 263 Å². The fourth-order valence-electron chi connectivity index (χ4n) is 5.81. The number of pyridine rings is 3. The number of aromatic nitrogens is 3. The van der Waals surface area contributed by atoms with Crippen LogP contribution in [0.2, 0.25) is 10.0 Å². The number of hydrogen-bond donors (Lipinski definition) is 1. The molecule has 12 heteroatoms. The molecule has 2 aliphatic rings. The van der Waals surface area contributed by atoms with E-state index in [1.807, 2.05) is 22.8 Å². The molecular formula is C32H31Cl2N5O5. The van der Waals surface area contributed by atoms with Crippen LogP contribution in [0.4, 0.5) is 5.69 Å². The van der Waals surface area contributed by atoms with Crippen molar-refractivity contribution in [1.82, 2.24) is 19.4 Å². The van der Waals surface area contributed by atoms with E-state index in [0.717, 1.165) is 38.4 Å². The summed E-state index contributed by atoms with van der Waals surface area (Å²) < 4.78 is 13.2. The third-order valence-corrected chi connectivity index (χ3v) is 8.68. The van der Waals surface area contributed by atoms with Gasteiger partial charge in [-0.25, -0.2) is 9.78 Å². The molecule has 44 heavy (non-hydrogen) atoms. The SMILES string of the molecule is O=C(O[C@H]1CC[C@H](n2cc(C(=O)Nc3c(Cl)cncc3Cl)c(=O)c3cccnc32)CC1)c1cccc(CN2CCOCC2)c1. The Bertz CT molecular complexity index is 1730. The molecule has 0 unspecified atom stereocenters. The van der Waals surface area contributed by atoms with Crippen molar-refractivity contribution in [3.8, 4) is 0 Å². The Morgan fingerprint density at radius 1 is 1.02 bits per heavy atom. The Morgan fingerprint density at radius 2 is 1.77 bits per heavy atom. The molecule has 1 aliphatic carbocycles. The highest BCUT2D eigenvalue weighted by atomic mass is 35.5. The predicted octanol–water partition coefficient (Wildman–Crippen LogP) is 5.52. The number of amides is 1. The number of halogens is 2. The Kier molecular flexibility index (Phi) is 9.22. The zero-order valence-electron chi connectivity index (χ0n) is 23.9. The smallest absolute Gasteiger partial charge is 0.338 e. The van der Waals surface area contributed by atoms with Gasteiger partial charge in [-0.2, -0.15) is 0 Å². The Balaban J connectivity index is 1.15. The summed E-state index contributed by atoms with van der Waals surface area (Å²) in [6.07, 6.45) is 8.26. The summed E-state index contributed by atoms with van der Waals surface area (Å²) >= 11 is 12.4. The fourth-order valence-corrected chi connectivity index (χ4v) is 6.27. The number of benzene rings is 1. The summed E-state index contributed by atoms with van der Waals surface area (Å²) in [4.78, 5) is 50.4. The minimum absolute atomic E-state index is 0.0556. The predicted molar refractivity (Wildman–Crippen MR) is 167 cm³/mol. The van der Waals surface area contributed by atoms with E-state index in [-0.39, 0.29) is 39.4 Å². The second-order valence-corrected chi connectivity index (χ2v) is 11.8. The van der Waals surface area contributed by atoms with Crippen LogP contribution in [0.5, 0.6) is 0 Å². The lowest BCUT2D eigenvalue weighted by Crippen LogP contribution is -2.35. The van der Waals surface area contributed by atoms with Gasteiger partial charge in [-0.1, -0.05) is 35.3 Å². The van der Waals surface area contributed by atoms with E-state index in [2.05, 4.69) is 20.2 Å². The van der Waals surface area contributed by atoms with Crippen LogP contribution in [0.25, 0.3) is 11.0 Å². The van der Waals surface area contributed by atoms with Crippen LogP contribution in [-0.4, -0.2) is 63.7 Å². The number of morpholine rings is 1. The third-order valence-electron chi connectivity index (χ3n) is 8.11. The Hall–Kier alpha value is -3.83. The highest BCUT2D eigenvalue weighted by molar-refractivity contribution is 6.39. The fraction of sp³-hybridized carbons (Fsp3) is 0.344. The normalized spacial score (nSPS) is 19.0. The minimum atomic E-state index is -0.636. The van der Waals surface area contributed by atoms with Gasteiger partial charge in [0.05, 0.1) is 39.9 Å². The molecule has 1 N–H and O–H groups in total. The van der Waals surface area contributed by atoms with Gasteiger partial charge in [0.2, 0.25) is 5.43 Å². The summed E-state index contributed by atoms with van der Waals surface area (Å²) in [5.41, 5.74) is 1.78. The van der Waals surface area contributed by atoms with E-state index >= 15 is 0 Å². The second-order valence-electron chi connectivity index (χ2n) is 11.0. The van der Waals surface area contributed by atoms with E-state index in [1.54, 1.807) is 30.6 Å². The average molecular weight is 637 g/mol. The van der Waals surface area contributed by atoms with Crippen LogP contribution in [0, 0.1) is 0 Å². The largest absolute Gasteiger partial charge is 0.459 e. The van der Waals surface area contributed by atoms with Gasteiger partial charge in [0, 0.05) is 50.5 Å². The van der Waals surface area contributed by atoms with Gasteiger partial charge >= 0.3 is 5.97 Å². The number of esters is 1. The first-order valence-electron chi connectivity index (χ1n) is 14.6. The number of fused-ring (bicyclic) bond motifs is 1.